The van der Waals surface area contributed by atoms with Crippen LogP contribution in [-0.4, -0.2) is 5.78 Å². The van der Waals surface area contributed by atoms with Crippen LogP contribution in [0.5, 0.6) is 0 Å². The van der Waals surface area contributed by atoms with Gasteiger partial charge in [-0.15, -0.1) is 0 Å². The molecule has 0 bridgehead atoms. The first-order chi connectivity index (χ1) is 11.2. The van der Waals surface area contributed by atoms with Gasteiger partial charge in [-0.1, -0.05) is 66.7 Å². The molecule has 23 heavy (non-hydrogen) atoms. The lowest BCUT2D eigenvalue weighted by Gasteiger charge is -2.05. The number of carbonyl (C=O) groups is 1. The monoisotopic (exact) mass is 304 g/mol. The number of aryl methyl sites for hydroxylation is 1. The van der Waals surface area contributed by atoms with Gasteiger partial charge in [-0.25, -0.2) is 4.39 Å². The minimum Gasteiger partial charge on any atom is -0.294 e. The summed E-state index contributed by atoms with van der Waals surface area (Å²) < 4.78 is 13.1. The molecule has 0 amide bonds. The maximum absolute atomic E-state index is 13.1. The highest BCUT2D eigenvalue weighted by atomic mass is 19.1. The van der Waals surface area contributed by atoms with Gasteiger partial charge in [-0.2, -0.15) is 0 Å². The summed E-state index contributed by atoms with van der Waals surface area (Å²) in [5.41, 5.74) is 3.76. The van der Waals surface area contributed by atoms with E-state index >= 15 is 0 Å². The van der Waals surface area contributed by atoms with Crippen LogP contribution in [0.15, 0.2) is 78.9 Å². The summed E-state index contributed by atoms with van der Waals surface area (Å²) in [6.07, 6.45) is 0.936. The molecule has 0 fully saturated rings. The maximum Gasteiger partial charge on any atom is 0.163 e. The Balaban J connectivity index is 1.66. The second kappa shape index (κ2) is 7.01. The topological polar surface area (TPSA) is 17.1 Å². The second-order valence-corrected chi connectivity index (χ2v) is 5.50. The molecule has 3 aromatic carbocycles. The summed E-state index contributed by atoms with van der Waals surface area (Å²) in [4.78, 5) is 12.3. The van der Waals surface area contributed by atoms with E-state index in [0.29, 0.717) is 18.4 Å². The Kier molecular flexibility index (Phi) is 4.62. The summed E-state index contributed by atoms with van der Waals surface area (Å²) in [7, 11) is 0. The van der Waals surface area contributed by atoms with Gasteiger partial charge in [0, 0.05) is 12.0 Å². The molecule has 0 aliphatic carbocycles. The van der Waals surface area contributed by atoms with Gasteiger partial charge in [-0.05, 0) is 35.2 Å². The Morgan fingerprint density at radius 3 is 2.17 bits per heavy atom. The molecule has 0 unspecified atom stereocenters. The molecular formula is C21H17FO. The van der Waals surface area contributed by atoms with Crippen molar-refractivity contribution >= 4 is 5.78 Å². The number of rotatable bonds is 5. The van der Waals surface area contributed by atoms with Crippen molar-refractivity contribution in [3.05, 3.63) is 95.8 Å². The van der Waals surface area contributed by atoms with E-state index in [1.54, 1.807) is 6.07 Å². The number of benzene rings is 3. The summed E-state index contributed by atoms with van der Waals surface area (Å²) in [5.74, 6) is -0.184. The van der Waals surface area contributed by atoms with E-state index in [2.05, 4.69) is 0 Å². The third-order valence-electron chi connectivity index (χ3n) is 3.84. The first-order valence-electron chi connectivity index (χ1n) is 7.65. The molecule has 0 saturated heterocycles. The molecule has 0 aliphatic heterocycles. The largest absolute Gasteiger partial charge is 0.294 e. The van der Waals surface area contributed by atoms with E-state index in [0.717, 1.165) is 16.7 Å². The third-order valence-corrected chi connectivity index (χ3v) is 3.84. The molecule has 0 aliphatic rings. The van der Waals surface area contributed by atoms with Crippen LogP contribution in [0.3, 0.4) is 0 Å². The van der Waals surface area contributed by atoms with Gasteiger partial charge in [0.05, 0.1) is 0 Å². The predicted octanol–water partition coefficient (Wildman–Crippen LogP) is 5.31. The van der Waals surface area contributed by atoms with Crippen molar-refractivity contribution in [1.29, 1.82) is 0 Å². The van der Waals surface area contributed by atoms with Gasteiger partial charge in [-0.3, -0.25) is 4.79 Å². The zero-order valence-corrected chi connectivity index (χ0v) is 12.7. The van der Waals surface area contributed by atoms with Gasteiger partial charge in [0.15, 0.2) is 5.78 Å². The van der Waals surface area contributed by atoms with Crippen LogP contribution in [-0.2, 0) is 6.42 Å². The highest BCUT2D eigenvalue weighted by Gasteiger charge is 2.07. The Morgan fingerprint density at radius 1 is 0.783 bits per heavy atom. The number of halogens is 1. The fraction of sp³-hybridized carbons (Fsp3) is 0.0952. The van der Waals surface area contributed by atoms with Crippen LogP contribution in [0, 0.1) is 5.82 Å². The molecule has 0 atom stereocenters. The molecule has 3 aromatic rings. The number of ketones is 1. The molecule has 0 saturated carbocycles. The van der Waals surface area contributed by atoms with E-state index in [-0.39, 0.29) is 11.6 Å². The van der Waals surface area contributed by atoms with E-state index in [4.69, 9.17) is 0 Å². The average molecular weight is 304 g/mol. The normalized spacial score (nSPS) is 10.5. The van der Waals surface area contributed by atoms with Crippen molar-refractivity contribution < 1.29 is 9.18 Å². The van der Waals surface area contributed by atoms with Gasteiger partial charge in [0.2, 0.25) is 0 Å². The predicted molar refractivity (Wildman–Crippen MR) is 90.9 cm³/mol. The molecular weight excluding hydrogens is 287 g/mol. The number of hydrogen-bond donors (Lipinski definition) is 0. The lowest BCUT2D eigenvalue weighted by atomic mass is 9.99. The molecule has 1 nitrogen and oxygen atoms in total. The first kappa shape index (κ1) is 15.2. The molecule has 2 heteroatoms. The van der Waals surface area contributed by atoms with E-state index in [9.17, 15) is 9.18 Å². The summed E-state index contributed by atoms with van der Waals surface area (Å²) in [6, 6.07) is 24.1. The summed E-state index contributed by atoms with van der Waals surface area (Å²) in [6.45, 7) is 0. The van der Waals surface area contributed by atoms with Gasteiger partial charge >= 0.3 is 0 Å². The highest BCUT2D eigenvalue weighted by Crippen LogP contribution is 2.20. The lowest BCUT2D eigenvalue weighted by molar-refractivity contribution is 0.0983. The minimum absolute atomic E-state index is 0.0777. The molecule has 0 heterocycles. The summed E-state index contributed by atoms with van der Waals surface area (Å²) >= 11 is 0. The molecule has 0 radical (unpaired) electrons. The fourth-order valence-corrected chi connectivity index (χ4v) is 2.57. The van der Waals surface area contributed by atoms with Crippen molar-refractivity contribution in [3.63, 3.8) is 0 Å². The van der Waals surface area contributed by atoms with Crippen LogP contribution in [0.1, 0.15) is 22.3 Å². The Bertz CT molecular complexity index is 792. The maximum atomic E-state index is 13.1. The van der Waals surface area contributed by atoms with Gasteiger partial charge in [0.25, 0.3) is 0 Å². The third kappa shape index (κ3) is 3.92. The Labute approximate surface area is 135 Å². The van der Waals surface area contributed by atoms with Crippen LogP contribution in [0.4, 0.5) is 4.39 Å². The Hall–Kier alpha value is -2.74. The lowest BCUT2D eigenvalue weighted by Crippen LogP contribution is -2.01. The van der Waals surface area contributed by atoms with Crippen LogP contribution in [0.25, 0.3) is 11.1 Å². The highest BCUT2D eigenvalue weighted by molar-refractivity contribution is 5.96. The van der Waals surface area contributed by atoms with E-state index in [1.165, 1.54) is 12.1 Å². The average Bonchev–Trinajstić information content (AvgIpc) is 2.61. The molecule has 114 valence electrons. The molecule has 3 rings (SSSR count). The zero-order valence-electron chi connectivity index (χ0n) is 12.7. The van der Waals surface area contributed by atoms with Gasteiger partial charge < -0.3 is 0 Å². The standard InChI is InChI=1S/C21H17FO/c22-20-8-4-5-16(15-20)9-14-21(23)19-12-10-18(11-13-19)17-6-2-1-3-7-17/h1-8,10-13,15H,9,14H2. The second-order valence-electron chi connectivity index (χ2n) is 5.50. The smallest absolute Gasteiger partial charge is 0.163 e. The SMILES string of the molecule is O=C(CCc1cccc(F)c1)c1ccc(-c2ccccc2)cc1. The van der Waals surface area contributed by atoms with Crippen molar-refractivity contribution in [2.24, 2.45) is 0 Å². The minimum atomic E-state index is -0.262. The fourth-order valence-electron chi connectivity index (χ4n) is 2.57. The first-order valence-corrected chi connectivity index (χ1v) is 7.65. The molecule has 0 aromatic heterocycles. The summed E-state index contributed by atoms with van der Waals surface area (Å²) in [5, 5.41) is 0. The number of Topliss-reactive ketones (excluding diaryl/α,β-unsaturated/α-hetero) is 1. The van der Waals surface area contributed by atoms with E-state index in [1.807, 2.05) is 60.7 Å². The Morgan fingerprint density at radius 2 is 1.48 bits per heavy atom. The number of hydrogen-bond acceptors (Lipinski definition) is 1. The van der Waals surface area contributed by atoms with Crippen molar-refractivity contribution in [1.82, 2.24) is 0 Å². The van der Waals surface area contributed by atoms with Gasteiger partial charge in [0.1, 0.15) is 5.82 Å². The molecule has 0 N–H and O–H groups in total. The quantitative estimate of drug-likeness (QED) is 0.584. The van der Waals surface area contributed by atoms with Crippen molar-refractivity contribution in [3.8, 4) is 11.1 Å². The van der Waals surface area contributed by atoms with Crippen LogP contribution >= 0.6 is 0 Å². The van der Waals surface area contributed by atoms with Crippen molar-refractivity contribution in [2.45, 2.75) is 12.8 Å². The zero-order chi connectivity index (χ0) is 16.1. The van der Waals surface area contributed by atoms with Crippen molar-refractivity contribution in [2.75, 3.05) is 0 Å². The van der Waals surface area contributed by atoms with Crippen LogP contribution < -0.4 is 0 Å². The number of carbonyl (C=O) groups excluding carboxylic acids is 1. The van der Waals surface area contributed by atoms with E-state index < -0.39 is 0 Å². The van der Waals surface area contributed by atoms with Crippen LogP contribution in [0.2, 0.25) is 0 Å². The molecule has 0 spiro atoms.